The fourth-order valence-corrected chi connectivity index (χ4v) is 5.04. The lowest BCUT2D eigenvalue weighted by Crippen LogP contribution is -2.46. The quantitative estimate of drug-likeness (QED) is 0.239. The second-order valence-electron chi connectivity index (χ2n) is 11.4. The SMILES string of the molecule is CC(C)n1nccc1C(=O)N[C@H](C(=O)Nc1ccc([C@H](C)C(=O)N(CC(F)(F)F)CC(F)(F)F)cc1F)C(=C1CC1)C1CC1. The number of hydrogen-bond donors (Lipinski definition) is 2. The molecule has 8 nitrogen and oxygen atoms in total. The van der Waals surface area contributed by atoms with E-state index in [9.17, 15) is 40.7 Å². The van der Waals surface area contributed by atoms with Crippen LogP contribution in [0.25, 0.3) is 0 Å². The highest BCUT2D eigenvalue weighted by Gasteiger charge is 2.42. The summed E-state index contributed by atoms with van der Waals surface area (Å²) >= 11 is 0. The average molecular weight is 632 g/mol. The van der Waals surface area contributed by atoms with Gasteiger partial charge in [-0.25, -0.2) is 4.39 Å². The van der Waals surface area contributed by atoms with Gasteiger partial charge in [-0.15, -0.1) is 0 Å². The van der Waals surface area contributed by atoms with E-state index in [2.05, 4.69) is 15.7 Å². The predicted molar refractivity (Wildman–Crippen MR) is 145 cm³/mol. The number of rotatable bonds is 11. The van der Waals surface area contributed by atoms with Crippen LogP contribution in [-0.2, 0) is 9.59 Å². The van der Waals surface area contributed by atoms with Gasteiger partial charge < -0.3 is 15.5 Å². The Labute approximate surface area is 248 Å². The maximum absolute atomic E-state index is 15.2. The smallest absolute Gasteiger partial charge is 0.335 e. The fraction of sp³-hybridized carbons (Fsp3) is 0.517. The number of anilines is 1. The first kappa shape index (κ1) is 33.0. The molecule has 3 amide bonds. The summed E-state index contributed by atoms with van der Waals surface area (Å²) in [6.07, 6.45) is -5.52. The van der Waals surface area contributed by atoms with E-state index < -0.39 is 60.9 Å². The molecule has 4 rings (SSSR count). The maximum Gasteiger partial charge on any atom is 0.406 e. The Morgan fingerprint density at radius 2 is 1.61 bits per heavy atom. The summed E-state index contributed by atoms with van der Waals surface area (Å²) in [5.41, 5.74) is 1.51. The fourth-order valence-electron chi connectivity index (χ4n) is 5.04. The van der Waals surface area contributed by atoms with E-state index in [0.717, 1.165) is 62.0 Å². The van der Waals surface area contributed by atoms with Crippen molar-refractivity contribution in [2.45, 2.75) is 76.8 Å². The molecular weight excluding hydrogens is 599 g/mol. The van der Waals surface area contributed by atoms with Crippen molar-refractivity contribution in [1.29, 1.82) is 0 Å². The third kappa shape index (κ3) is 8.38. The van der Waals surface area contributed by atoms with Gasteiger partial charge in [-0.2, -0.15) is 31.4 Å². The highest BCUT2D eigenvalue weighted by atomic mass is 19.4. The lowest BCUT2D eigenvalue weighted by molar-refractivity contribution is -0.188. The molecule has 2 fully saturated rings. The first-order chi connectivity index (χ1) is 20.4. The van der Waals surface area contributed by atoms with Gasteiger partial charge in [0.25, 0.3) is 11.8 Å². The van der Waals surface area contributed by atoms with Crippen molar-refractivity contribution in [3.8, 4) is 0 Å². The normalized spacial score (nSPS) is 16.4. The van der Waals surface area contributed by atoms with Gasteiger partial charge in [0, 0.05) is 12.2 Å². The number of hydrogen-bond acceptors (Lipinski definition) is 4. The Balaban J connectivity index is 1.54. The largest absolute Gasteiger partial charge is 0.406 e. The Hall–Kier alpha value is -3.91. The van der Waals surface area contributed by atoms with Crippen LogP contribution in [-0.4, -0.2) is 63.9 Å². The molecule has 1 aromatic carbocycles. The van der Waals surface area contributed by atoms with Crippen molar-refractivity contribution >= 4 is 23.4 Å². The molecule has 2 atom stereocenters. The molecule has 2 aliphatic carbocycles. The van der Waals surface area contributed by atoms with Crippen molar-refractivity contribution in [3.05, 3.63) is 58.7 Å². The van der Waals surface area contributed by atoms with Gasteiger partial charge in [-0.1, -0.05) is 11.6 Å². The first-order valence-electron chi connectivity index (χ1n) is 14.0. The maximum atomic E-state index is 15.2. The second kappa shape index (κ2) is 12.6. The number of amides is 3. The lowest BCUT2D eigenvalue weighted by atomic mass is 9.98. The summed E-state index contributed by atoms with van der Waals surface area (Å²) in [4.78, 5) is 39.0. The van der Waals surface area contributed by atoms with Gasteiger partial charge in [0.2, 0.25) is 5.91 Å². The van der Waals surface area contributed by atoms with E-state index in [1.165, 1.54) is 16.9 Å². The number of carbonyl (C=O) groups excluding carboxylic acids is 3. The summed E-state index contributed by atoms with van der Waals surface area (Å²) in [5, 5.41) is 9.35. The van der Waals surface area contributed by atoms with Crippen LogP contribution in [0.2, 0.25) is 0 Å². The monoisotopic (exact) mass is 631 g/mol. The van der Waals surface area contributed by atoms with Crippen LogP contribution >= 0.6 is 0 Å². The van der Waals surface area contributed by atoms with Crippen molar-refractivity contribution in [2.24, 2.45) is 5.92 Å². The van der Waals surface area contributed by atoms with Gasteiger partial charge in [0.05, 0.1) is 11.6 Å². The van der Waals surface area contributed by atoms with Crippen LogP contribution in [0.5, 0.6) is 0 Å². The topological polar surface area (TPSA) is 96.3 Å². The van der Waals surface area contributed by atoms with Gasteiger partial charge in [0.15, 0.2) is 0 Å². The molecular formula is C29H32F7N5O3. The summed E-state index contributed by atoms with van der Waals surface area (Å²) < 4.78 is 94.1. The summed E-state index contributed by atoms with van der Waals surface area (Å²) in [7, 11) is 0. The highest BCUT2D eigenvalue weighted by Crippen LogP contribution is 2.46. The van der Waals surface area contributed by atoms with Gasteiger partial charge >= 0.3 is 12.4 Å². The zero-order valence-electron chi connectivity index (χ0n) is 24.2. The molecule has 15 heteroatoms. The van der Waals surface area contributed by atoms with Crippen LogP contribution in [0.15, 0.2) is 41.6 Å². The number of nitrogens with zero attached hydrogens (tertiary/aromatic N) is 3. The van der Waals surface area contributed by atoms with Crippen LogP contribution in [0.1, 0.15) is 74.5 Å². The zero-order valence-corrected chi connectivity index (χ0v) is 24.2. The Morgan fingerprint density at radius 1 is 1.00 bits per heavy atom. The van der Waals surface area contributed by atoms with E-state index in [1.54, 1.807) is 0 Å². The number of alkyl halides is 6. The molecule has 0 radical (unpaired) electrons. The van der Waals surface area contributed by atoms with E-state index in [1.807, 2.05) is 13.8 Å². The Kier molecular flexibility index (Phi) is 9.45. The molecule has 1 aromatic heterocycles. The minimum absolute atomic E-state index is 0.0917. The molecule has 2 aromatic rings. The molecule has 0 unspecified atom stereocenters. The van der Waals surface area contributed by atoms with Gasteiger partial charge in [0.1, 0.15) is 30.6 Å². The van der Waals surface area contributed by atoms with Crippen molar-refractivity contribution in [1.82, 2.24) is 20.0 Å². The van der Waals surface area contributed by atoms with Crippen molar-refractivity contribution in [2.75, 3.05) is 18.4 Å². The zero-order chi connectivity index (χ0) is 32.6. The number of nitrogens with one attached hydrogen (secondary N) is 2. The number of halogens is 7. The van der Waals surface area contributed by atoms with E-state index in [0.29, 0.717) is 0 Å². The summed E-state index contributed by atoms with van der Waals surface area (Å²) in [6, 6.07) is 3.22. The van der Waals surface area contributed by atoms with E-state index in [-0.39, 0.29) is 33.8 Å². The van der Waals surface area contributed by atoms with E-state index >= 15 is 4.39 Å². The third-order valence-electron chi connectivity index (χ3n) is 7.34. The Bertz CT molecular complexity index is 1420. The minimum Gasteiger partial charge on any atom is -0.335 e. The van der Waals surface area contributed by atoms with Gasteiger partial charge in [-0.3, -0.25) is 19.1 Å². The molecule has 0 saturated heterocycles. The van der Waals surface area contributed by atoms with Crippen LogP contribution in [0.4, 0.5) is 36.4 Å². The van der Waals surface area contributed by atoms with Crippen LogP contribution in [0, 0.1) is 11.7 Å². The number of carbonyl (C=O) groups is 3. The molecule has 2 saturated carbocycles. The average Bonchev–Trinajstić information content (AvgIpc) is 3.85. The molecule has 0 bridgehead atoms. The first-order valence-corrected chi connectivity index (χ1v) is 14.0. The summed E-state index contributed by atoms with van der Waals surface area (Å²) in [5.74, 6) is -5.31. The number of benzene rings is 1. The van der Waals surface area contributed by atoms with Crippen molar-refractivity contribution < 1.29 is 45.1 Å². The molecule has 44 heavy (non-hydrogen) atoms. The molecule has 0 spiro atoms. The molecule has 1 heterocycles. The van der Waals surface area contributed by atoms with E-state index in [4.69, 9.17) is 0 Å². The highest BCUT2D eigenvalue weighted by molar-refractivity contribution is 6.02. The predicted octanol–water partition coefficient (Wildman–Crippen LogP) is 5.90. The molecule has 2 N–H and O–H groups in total. The molecule has 240 valence electrons. The third-order valence-corrected chi connectivity index (χ3v) is 7.34. The molecule has 0 aliphatic heterocycles. The number of aromatic nitrogens is 2. The van der Waals surface area contributed by atoms with Crippen molar-refractivity contribution in [3.63, 3.8) is 0 Å². The summed E-state index contributed by atoms with van der Waals surface area (Å²) in [6.45, 7) is 0.473. The molecule has 2 aliphatic rings. The van der Waals surface area contributed by atoms with Gasteiger partial charge in [-0.05, 0) is 81.7 Å². The number of allylic oxidation sites excluding steroid dienone is 1. The lowest BCUT2D eigenvalue weighted by Gasteiger charge is -2.28. The van der Waals surface area contributed by atoms with Crippen LogP contribution < -0.4 is 10.6 Å². The van der Waals surface area contributed by atoms with Crippen LogP contribution in [0.3, 0.4) is 0 Å². The standard InChI is InChI=1S/C29H32F7N5O3/c1-15(2)41-22(10-11-37-41)25(42)39-24(23(17-4-5-17)18-6-7-18)26(43)38-21-9-8-19(12-20(21)30)16(3)27(44)40(13-28(31,32)33)14-29(34,35)36/h8-12,15-17,24H,4-7,13-14H2,1-3H3,(H,38,43)(H,39,42)/t16-,24-/m0/s1. The second-order valence-corrected chi connectivity index (χ2v) is 11.4. The Morgan fingerprint density at radius 3 is 2.11 bits per heavy atom. The minimum atomic E-state index is -5.09.